The normalized spacial score (nSPS) is 34.0. The first-order valence-corrected chi connectivity index (χ1v) is 7.47. The van der Waals surface area contributed by atoms with Crippen LogP contribution in [0.4, 0.5) is 0 Å². The summed E-state index contributed by atoms with van der Waals surface area (Å²) in [7, 11) is 0. The second-order valence-electron chi connectivity index (χ2n) is 4.32. The first-order valence-electron chi connectivity index (χ1n) is 5.80. The van der Waals surface area contributed by atoms with Crippen LogP contribution in [0.2, 0.25) is 0 Å². The summed E-state index contributed by atoms with van der Waals surface area (Å²) in [5.41, 5.74) is 0. The number of thiophene rings is 1. The van der Waals surface area contributed by atoms with Crippen molar-refractivity contribution in [1.82, 2.24) is 5.32 Å². The minimum absolute atomic E-state index is 0.391. The average Bonchev–Trinajstić information content (AvgIpc) is 2.85. The van der Waals surface area contributed by atoms with Crippen LogP contribution in [0.1, 0.15) is 9.67 Å². The molecule has 0 spiro atoms. The molecule has 2 heterocycles. The predicted molar refractivity (Wildman–Crippen MR) is 73.3 cm³/mol. The zero-order valence-electron chi connectivity index (χ0n) is 10.1. The van der Waals surface area contributed by atoms with Crippen molar-refractivity contribution in [2.45, 2.75) is 30.6 Å². The lowest BCUT2D eigenvalue weighted by molar-refractivity contribution is -0.233. The van der Waals surface area contributed by atoms with Gasteiger partial charge < -0.3 is 30.5 Å². The number of amides is 1. The first-order chi connectivity index (χ1) is 9.45. The van der Waals surface area contributed by atoms with Crippen LogP contribution in [-0.4, -0.2) is 63.6 Å². The molecule has 0 unspecified atom stereocenters. The molecule has 1 aromatic rings. The minimum Gasteiger partial charge on any atom is -0.394 e. The van der Waals surface area contributed by atoms with E-state index in [1.165, 1.54) is 11.3 Å². The van der Waals surface area contributed by atoms with Crippen LogP contribution < -0.4 is 5.32 Å². The third-order valence-corrected chi connectivity index (χ3v) is 4.83. The van der Waals surface area contributed by atoms with Crippen LogP contribution in [0.5, 0.6) is 0 Å². The molecule has 1 aliphatic heterocycles. The van der Waals surface area contributed by atoms with Crippen LogP contribution in [0, 0.1) is 0 Å². The van der Waals surface area contributed by atoms with E-state index in [1.54, 1.807) is 11.4 Å². The molecule has 0 saturated carbocycles. The number of nitrogens with one attached hydrogen (secondary N) is 1. The van der Waals surface area contributed by atoms with E-state index in [9.17, 15) is 20.1 Å². The summed E-state index contributed by atoms with van der Waals surface area (Å²) in [5, 5.41) is 42.2. The second-order valence-corrected chi connectivity index (χ2v) is 6.09. The maximum absolute atomic E-state index is 12.0. The van der Waals surface area contributed by atoms with Crippen LogP contribution in [0.25, 0.3) is 0 Å². The van der Waals surface area contributed by atoms with Gasteiger partial charge in [-0.15, -0.1) is 11.3 Å². The number of ether oxygens (including phenoxy) is 1. The van der Waals surface area contributed by atoms with Gasteiger partial charge in [-0.3, -0.25) is 4.79 Å². The van der Waals surface area contributed by atoms with Crippen LogP contribution in [0.3, 0.4) is 0 Å². The summed E-state index contributed by atoms with van der Waals surface area (Å²) in [4.78, 5) is 12.4. The highest BCUT2D eigenvalue weighted by Gasteiger charge is 2.44. The number of rotatable bonds is 3. The van der Waals surface area contributed by atoms with E-state index in [0.29, 0.717) is 9.35 Å². The molecule has 5 atom stereocenters. The van der Waals surface area contributed by atoms with E-state index >= 15 is 0 Å². The van der Waals surface area contributed by atoms with Gasteiger partial charge in [0.05, 0.1) is 6.61 Å². The fourth-order valence-corrected chi connectivity index (χ4v) is 3.33. The lowest BCUT2D eigenvalue weighted by Crippen LogP contribution is -2.63. The molecule has 7 nitrogen and oxygen atoms in total. The molecule has 9 heteroatoms. The van der Waals surface area contributed by atoms with E-state index in [4.69, 9.17) is 9.84 Å². The third-order valence-electron chi connectivity index (χ3n) is 2.99. The molecule has 1 fully saturated rings. The lowest BCUT2D eigenvalue weighted by Gasteiger charge is -2.40. The van der Waals surface area contributed by atoms with E-state index in [2.05, 4.69) is 21.2 Å². The maximum Gasteiger partial charge on any atom is 0.264 e. The summed E-state index contributed by atoms with van der Waals surface area (Å²) < 4.78 is 5.79. The van der Waals surface area contributed by atoms with E-state index < -0.39 is 43.2 Å². The van der Waals surface area contributed by atoms with E-state index in [1.807, 2.05) is 0 Å². The standard InChI is InChI=1S/C11H14BrNO6S/c12-4-1-2-20-9(4)10(18)13-11-8(17)7(16)6(15)5(3-14)19-11/h1-2,5-8,11,14-17H,3H2,(H,13,18)/t5-,6-,7+,8-,11-/m1/s1. The van der Waals surface area contributed by atoms with Crippen molar-refractivity contribution in [2.24, 2.45) is 0 Å². The average molecular weight is 368 g/mol. The van der Waals surface area contributed by atoms with Gasteiger partial charge in [-0.25, -0.2) is 0 Å². The van der Waals surface area contributed by atoms with Gasteiger partial charge in [-0.1, -0.05) is 0 Å². The Labute approximate surface area is 126 Å². The van der Waals surface area contributed by atoms with E-state index in [-0.39, 0.29) is 0 Å². The highest BCUT2D eigenvalue weighted by molar-refractivity contribution is 9.10. The molecule has 0 aromatic carbocycles. The van der Waals surface area contributed by atoms with Gasteiger partial charge in [0, 0.05) is 4.47 Å². The molecule has 2 rings (SSSR count). The van der Waals surface area contributed by atoms with Crippen LogP contribution in [-0.2, 0) is 4.74 Å². The van der Waals surface area contributed by atoms with Gasteiger partial charge in [0.1, 0.15) is 29.3 Å². The molecule has 112 valence electrons. The van der Waals surface area contributed by atoms with Crippen molar-refractivity contribution in [3.05, 3.63) is 20.8 Å². The molecule has 1 saturated heterocycles. The lowest BCUT2D eigenvalue weighted by atomic mass is 9.98. The summed E-state index contributed by atoms with van der Waals surface area (Å²) in [5.74, 6) is -0.490. The molecular formula is C11H14BrNO6S. The maximum atomic E-state index is 12.0. The summed E-state index contributed by atoms with van der Waals surface area (Å²) in [6.07, 6.45) is -6.72. The number of halogens is 1. The fraction of sp³-hybridized carbons (Fsp3) is 0.545. The van der Waals surface area contributed by atoms with Gasteiger partial charge >= 0.3 is 0 Å². The Morgan fingerprint density at radius 1 is 1.35 bits per heavy atom. The largest absolute Gasteiger partial charge is 0.394 e. The Morgan fingerprint density at radius 2 is 2.05 bits per heavy atom. The van der Waals surface area contributed by atoms with Gasteiger partial charge in [0.2, 0.25) is 0 Å². The Morgan fingerprint density at radius 3 is 2.60 bits per heavy atom. The molecule has 1 aromatic heterocycles. The predicted octanol–water partition coefficient (Wildman–Crippen LogP) is -0.960. The van der Waals surface area contributed by atoms with Crippen LogP contribution >= 0.6 is 27.3 Å². The van der Waals surface area contributed by atoms with E-state index in [0.717, 1.165) is 0 Å². The number of hydrogen-bond acceptors (Lipinski definition) is 7. The number of carbonyl (C=O) groups excluding carboxylic acids is 1. The molecule has 1 aliphatic rings. The summed E-state index contributed by atoms with van der Waals surface area (Å²) in [6.45, 7) is -0.542. The quantitative estimate of drug-likeness (QED) is 0.469. The molecule has 0 radical (unpaired) electrons. The number of aliphatic hydroxyl groups excluding tert-OH is 4. The van der Waals surface area contributed by atoms with Gasteiger partial charge in [0.15, 0.2) is 6.23 Å². The zero-order valence-corrected chi connectivity index (χ0v) is 12.5. The highest BCUT2D eigenvalue weighted by Crippen LogP contribution is 2.24. The molecule has 0 aliphatic carbocycles. The Bertz CT molecular complexity index is 481. The topological polar surface area (TPSA) is 119 Å². The van der Waals surface area contributed by atoms with Crippen molar-refractivity contribution in [2.75, 3.05) is 6.61 Å². The summed E-state index contributed by atoms with van der Waals surface area (Å²) in [6, 6.07) is 1.70. The van der Waals surface area contributed by atoms with Crippen molar-refractivity contribution in [3.8, 4) is 0 Å². The van der Waals surface area contributed by atoms with Gasteiger partial charge in [-0.05, 0) is 27.4 Å². The number of hydrogen-bond donors (Lipinski definition) is 5. The van der Waals surface area contributed by atoms with Crippen molar-refractivity contribution >= 4 is 33.2 Å². The molecular weight excluding hydrogens is 354 g/mol. The Hall–Kier alpha value is -0.550. The Kier molecular flexibility index (Phi) is 5.13. The monoisotopic (exact) mass is 367 g/mol. The Balaban J connectivity index is 2.08. The SMILES string of the molecule is O=C(N[C@@H]1O[C@H](CO)[C@@H](O)[C@H](O)[C@H]1O)c1sccc1Br. The fourth-order valence-electron chi connectivity index (χ4n) is 1.87. The number of carbonyl (C=O) groups is 1. The van der Waals surface area contributed by atoms with Crippen LogP contribution in [0.15, 0.2) is 15.9 Å². The molecule has 1 amide bonds. The first kappa shape index (κ1) is 15.8. The number of aliphatic hydroxyl groups is 4. The van der Waals surface area contributed by atoms with Gasteiger partial charge in [0.25, 0.3) is 5.91 Å². The molecule has 5 N–H and O–H groups in total. The molecule has 20 heavy (non-hydrogen) atoms. The summed E-state index contributed by atoms with van der Waals surface area (Å²) >= 11 is 4.41. The second kappa shape index (κ2) is 6.48. The third kappa shape index (κ3) is 3.03. The van der Waals surface area contributed by atoms with Crippen molar-refractivity contribution in [1.29, 1.82) is 0 Å². The minimum atomic E-state index is -1.52. The zero-order chi connectivity index (χ0) is 14.9. The smallest absolute Gasteiger partial charge is 0.264 e. The van der Waals surface area contributed by atoms with Crippen molar-refractivity contribution < 1.29 is 30.0 Å². The van der Waals surface area contributed by atoms with Crippen molar-refractivity contribution in [3.63, 3.8) is 0 Å². The highest BCUT2D eigenvalue weighted by atomic mass is 79.9. The molecule has 0 bridgehead atoms. The van der Waals surface area contributed by atoms with Gasteiger partial charge in [-0.2, -0.15) is 0 Å².